The van der Waals surface area contributed by atoms with Crippen LogP contribution in [0.4, 0.5) is 0 Å². The fourth-order valence-electron chi connectivity index (χ4n) is 2.41. The van der Waals surface area contributed by atoms with Crippen molar-refractivity contribution in [3.63, 3.8) is 0 Å². The van der Waals surface area contributed by atoms with Crippen LogP contribution in [0.15, 0.2) is 0 Å². The molecule has 21 heavy (non-hydrogen) atoms. The Bertz CT molecular complexity index is 532. The second-order valence-corrected chi connectivity index (χ2v) is 5.46. The summed E-state index contributed by atoms with van der Waals surface area (Å²) in [5, 5.41) is 6.87. The average Bonchev–Trinajstić information content (AvgIpc) is 3.24. The fraction of sp³-hybridized carbons (Fsp3) is 0.692. The zero-order valence-electron chi connectivity index (χ0n) is 12.0. The molecule has 0 aromatic carbocycles. The van der Waals surface area contributed by atoms with E-state index in [0.29, 0.717) is 32.1 Å². The number of esters is 1. The minimum atomic E-state index is -0.252. The third kappa shape index (κ3) is 3.21. The molecule has 0 spiro atoms. The lowest BCUT2D eigenvalue weighted by atomic mass is 10.3. The standard InChI is InChI=1S/C13H19N5O3/c1-21-10(19)8-17-4-6-18(7-5-17)13(20)12-14-11(15-16-12)9-2-3-9/h9H,2-8H2,1H3,(H,14,15,16). The number of nitrogens with one attached hydrogen (secondary N) is 1. The van der Waals surface area contributed by atoms with Crippen LogP contribution in [0.3, 0.4) is 0 Å². The van der Waals surface area contributed by atoms with Crippen LogP contribution in [0.5, 0.6) is 0 Å². The van der Waals surface area contributed by atoms with Crippen LogP contribution in [0, 0.1) is 0 Å². The molecule has 0 bridgehead atoms. The largest absolute Gasteiger partial charge is 0.468 e. The van der Waals surface area contributed by atoms with Crippen LogP contribution < -0.4 is 0 Å². The predicted molar refractivity (Wildman–Crippen MR) is 72.7 cm³/mol. The van der Waals surface area contributed by atoms with Crippen molar-refractivity contribution in [2.75, 3.05) is 39.8 Å². The van der Waals surface area contributed by atoms with Crippen LogP contribution in [0.1, 0.15) is 35.2 Å². The maximum atomic E-state index is 12.3. The summed E-state index contributed by atoms with van der Waals surface area (Å²) in [6.45, 7) is 2.72. The Morgan fingerprint density at radius 1 is 1.29 bits per heavy atom. The van der Waals surface area contributed by atoms with Gasteiger partial charge in [-0.3, -0.25) is 19.6 Å². The number of methoxy groups -OCH3 is 1. The van der Waals surface area contributed by atoms with Crippen LogP contribution in [0.25, 0.3) is 0 Å². The molecular weight excluding hydrogens is 274 g/mol. The van der Waals surface area contributed by atoms with Gasteiger partial charge >= 0.3 is 5.97 Å². The lowest BCUT2D eigenvalue weighted by Gasteiger charge is -2.33. The lowest BCUT2D eigenvalue weighted by molar-refractivity contribution is -0.142. The first-order valence-corrected chi connectivity index (χ1v) is 7.18. The number of piperazine rings is 1. The molecule has 1 aromatic rings. The monoisotopic (exact) mass is 293 g/mol. The number of carbonyl (C=O) groups is 2. The van der Waals surface area contributed by atoms with E-state index in [1.807, 2.05) is 4.90 Å². The van der Waals surface area contributed by atoms with E-state index in [2.05, 4.69) is 19.9 Å². The Balaban J connectivity index is 1.53. The highest BCUT2D eigenvalue weighted by atomic mass is 16.5. The maximum absolute atomic E-state index is 12.3. The van der Waals surface area contributed by atoms with E-state index in [1.165, 1.54) is 7.11 Å². The van der Waals surface area contributed by atoms with Crippen LogP contribution >= 0.6 is 0 Å². The van der Waals surface area contributed by atoms with Gasteiger partial charge in [-0.25, -0.2) is 4.98 Å². The summed E-state index contributed by atoms with van der Waals surface area (Å²) in [5.41, 5.74) is 0. The number of hydrogen-bond donors (Lipinski definition) is 1. The molecule has 3 rings (SSSR count). The van der Waals surface area contributed by atoms with Crippen molar-refractivity contribution in [3.8, 4) is 0 Å². The zero-order chi connectivity index (χ0) is 14.8. The molecule has 0 atom stereocenters. The number of nitrogens with zero attached hydrogens (tertiary/aromatic N) is 4. The first-order chi connectivity index (χ1) is 10.2. The number of aromatic amines is 1. The molecule has 1 aliphatic carbocycles. The van der Waals surface area contributed by atoms with Crippen molar-refractivity contribution in [2.24, 2.45) is 0 Å². The van der Waals surface area contributed by atoms with Gasteiger partial charge < -0.3 is 9.64 Å². The number of ether oxygens (including phenoxy) is 1. The van der Waals surface area contributed by atoms with E-state index in [4.69, 9.17) is 0 Å². The van der Waals surface area contributed by atoms with Gasteiger partial charge in [0.2, 0.25) is 5.82 Å². The van der Waals surface area contributed by atoms with Crippen molar-refractivity contribution < 1.29 is 14.3 Å². The quantitative estimate of drug-likeness (QED) is 0.760. The molecule has 114 valence electrons. The summed E-state index contributed by atoms with van der Waals surface area (Å²) >= 11 is 0. The number of rotatable bonds is 4. The third-order valence-electron chi connectivity index (χ3n) is 3.90. The molecule has 2 heterocycles. The average molecular weight is 293 g/mol. The van der Waals surface area contributed by atoms with Gasteiger partial charge in [0.25, 0.3) is 5.91 Å². The Morgan fingerprint density at radius 2 is 2.00 bits per heavy atom. The summed E-state index contributed by atoms with van der Waals surface area (Å²) < 4.78 is 4.64. The Labute approximate surface area is 122 Å². The van der Waals surface area contributed by atoms with Gasteiger partial charge in [0, 0.05) is 32.1 Å². The predicted octanol–water partition coefficient (Wildman–Crippen LogP) is -0.387. The van der Waals surface area contributed by atoms with Crippen LogP contribution in [0.2, 0.25) is 0 Å². The number of hydrogen-bond acceptors (Lipinski definition) is 6. The van der Waals surface area contributed by atoms with E-state index < -0.39 is 0 Å². The molecule has 1 saturated carbocycles. The van der Waals surface area contributed by atoms with Gasteiger partial charge in [0.15, 0.2) is 0 Å². The van der Waals surface area contributed by atoms with Crippen LogP contribution in [-0.2, 0) is 9.53 Å². The number of H-pyrrole nitrogens is 1. The summed E-state index contributed by atoms with van der Waals surface area (Å²) in [5.74, 6) is 1.13. The lowest BCUT2D eigenvalue weighted by Crippen LogP contribution is -2.50. The minimum absolute atomic E-state index is 0.143. The highest BCUT2D eigenvalue weighted by Crippen LogP contribution is 2.37. The molecule has 8 nitrogen and oxygen atoms in total. The molecule has 1 aromatic heterocycles. The summed E-state index contributed by atoms with van der Waals surface area (Å²) in [7, 11) is 1.38. The number of amides is 1. The van der Waals surface area contributed by atoms with Crippen molar-refractivity contribution in [2.45, 2.75) is 18.8 Å². The minimum Gasteiger partial charge on any atom is -0.468 e. The Hall–Kier alpha value is -1.96. The molecule has 0 unspecified atom stereocenters. The fourth-order valence-corrected chi connectivity index (χ4v) is 2.41. The van der Waals surface area contributed by atoms with Crippen molar-refractivity contribution >= 4 is 11.9 Å². The van der Waals surface area contributed by atoms with E-state index in [-0.39, 0.29) is 24.2 Å². The van der Waals surface area contributed by atoms with Crippen molar-refractivity contribution in [1.82, 2.24) is 25.0 Å². The number of carbonyl (C=O) groups excluding carboxylic acids is 2. The molecule has 2 fully saturated rings. The van der Waals surface area contributed by atoms with E-state index in [9.17, 15) is 9.59 Å². The molecule has 1 N–H and O–H groups in total. The number of aromatic nitrogens is 3. The molecule has 2 aliphatic rings. The molecule has 1 saturated heterocycles. The maximum Gasteiger partial charge on any atom is 0.319 e. The topological polar surface area (TPSA) is 91.4 Å². The van der Waals surface area contributed by atoms with Crippen molar-refractivity contribution in [1.29, 1.82) is 0 Å². The zero-order valence-corrected chi connectivity index (χ0v) is 12.0. The first-order valence-electron chi connectivity index (χ1n) is 7.18. The summed E-state index contributed by atoms with van der Waals surface area (Å²) in [4.78, 5) is 31.5. The highest BCUT2D eigenvalue weighted by Gasteiger charge is 2.30. The molecule has 1 aliphatic heterocycles. The van der Waals surface area contributed by atoms with Gasteiger partial charge in [0.05, 0.1) is 13.7 Å². The van der Waals surface area contributed by atoms with Gasteiger partial charge in [-0.05, 0) is 12.8 Å². The van der Waals surface area contributed by atoms with Gasteiger partial charge in [0.1, 0.15) is 5.82 Å². The van der Waals surface area contributed by atoms with Gasteiger partial charge in [-0.1, -0.05) is 0 Å². The second kappa shape index (κ2) is 5.80. The van der Waals surface area contributed by atoms with Crippen LogP contribution in [-0.4, -0.2) is 76.7 Å². The third-order valence-corrected chi connectivity index (χ3v) is 3.90. The molecule has 8 heteroatoms. The summed E-state index contributed by atoms with van der Waals surface area (Å²) in [6.07, 6.45) is 2.24. The van der Waals surface area contributed by atoms with Gasteiger partial charge in [-0.2, -0.15) is 0 Å². The normalized spacial score (nSPS) is 19.6. The van der Waals surface area contributed by atoms with Crippen molar-refractivity contribution in [3.05, 3.63) is 11.6 Å². The Kier molecular flexibility index (Phi) is 3.87. The SMILES string of the molecule is COC(=O)CN1CCN(C(=O)c2n[nH]c(C3CC3)n2)CC1. The Morgan fingerprint density at radius 3 is 2.62 bits per heavy atom. The first kappa shape index (κ1) is 14.0. The van der Waals surface area contributed by atoms with E-state index >= 15 is 0 Å². The molecule has 0 radical (unpaired) electrons. The molecule has 1 amide bonds. The van der Waals surface area contributed by atoms with E-state index in [1.54, 1.807) is 4.90 Å². The van der Waals surface area contributed by atoms with E-state index in [0.717, 1.165) is 18.7 Å². The van der Waals surface area contributed by atoms with Gasteiger partial charge in [-0.15, -0.1) is 5.10 Å². The highest BCUT2D eigenvalue weighted by molar-refractivity contribution is 5.90. The second-order valence-electron chi connectivity index (χ2n) is 5.46. The smallest absolute Gasteiger partial charge is 0.319 e. The summed E-state index contributed by atoms with van der Waals surface area (Å²) in [6, 6.07) is 0. The molecular formula is C13H19N5O3.